The summed E-state index contributed by atoms with van der Waals surface area (Å²) in [7, 11) is 0. The van der Waals surface area contributed by atoms with Crippen molar-refractivity contribution in [1.29, 1.82) is 0 Å². The van der Waals surface area contributed by atoms with Crippen LogP contribution in [0.25, 0.3) is 22.0 Å². The first-order valence-electron chi connectivity index (χ1n) is 13.6. The lowest BCUT2D eigenvalue weighted by atomic mass is 10.0. The van der Waals surface area contributed by atoms with Gasteiger partial charge >= 0.3 is 0 Å². The molecule has 8 heteroatoms. The molecule has 0 spiro atoms. The Morgan fingerprint density at radius 1 is 0.842 bits per heavy atom. The third-order valence-corrected chi connectivity index (χ3v) is 7.48. The Hall–Kier alpha value is -3.59. The number of amides is 1. The largest absolute Gasteiger partial charge is 0.379 e. The molecule has 196 valence electrons. The number of aromatic nitrogens is 3. The van der Waals surface area contributed by atoms with Crippen LogP contribution in [0.1, 0.15) is 40.9 Å². The second-order valence-electron chi connectivity index (χ2n) is 10.3. The molecular weight excluding hydrogens is 476 g/mol. The molecule has 0 radical (unpaired) electrons. The molecule has 2 aliphatic heterocycles. The van der Waals surface area contributed by atoms with Gasteiger partial charge in [-0.2, -0.15) is 5.10 Å². The molecule has 0 atom stereocenters. The van der Waals surface area contributed by atoms with Gasteiger partial charge in [-0.1, -0.05) is 24.6 Å². The maximum atomic E-state index is 13.2. The van der Waals surface area contributed by atoms with E-state index in [1.807, 2.05) is 42.7 Å². The van der Waals surface area contributed by atoms with Gasteiger partial charge in [-0.15, -0.1) is 0 Å². The zero-order chi connectivity index (χ0) is 25.7. The van der Waals surface area contributed by atoms with Crippen LogP contribution in [0.3, 0.4) is 0 Å². The lowest BCUT2D eigenvalue weighted by Gasteiger charge is -2.26. The molecule has 38 heavy (non-hydrogen) atoms. The Kier molecular flexibility index (Phi) is 7.44. The topological polar surface area (TPSA) is 86.4 Å². The normalized spacial score (nSPS) is 17.1. The first-order valence-corrected chi connectivity index (χ1v) is 13.6. The number of H-pyrrole nitrogens is 1. The molecule has 2 aromatic heterocycles. The molecule has 1 amide bonds. The van der Waals surface area contributed by atoms with Gasteiger partial charge in [0.2, 0.25) is 0 Å². The summed E-state index contributed by atoms with van der Waals surface area (Å²) in [5, 5.41) is 11.2. The molecule has 8 nitrogen and oxygen atoms in total. The number of rotatable bonds is 7. The van der Waals surface area contributed by atoms with Gasteiger partial charge in [0.25, 0.3) is 5.91 Å². The van der Waals surface area contributed by atoms with Gasteiger partial charge in [0.1, 0.15) is 0 Å². The van der Waals surface area contributed by atoms with Crippen molar-refractivity contribution in [3.05, 3.63) is 77.7 Å². The number of carbonyl (C=O) groups excluding carboxylic acids is 1. The molecule has 0 saturated carbocycles. The summed E-state index contributed by atoms with van der Waals surface area (Å²) < 4.78 is 5.46. The van der Waals surface area contributed by atoms with Crippen LogP contribution in [-0.4, -0.2) is 70.3 Å². The van der Waals surface area contributed by atoms with Crippen molar-refractivity contribution >= 4 is 22.5 Å². The second-order valence-corrected chi connectivity index (χ2v) is 10.3. The van der Waals surface area contributed by atoms with E-state index in [9.17, 15) is 4.79 Å². The molecule has 2 fully saturated rings. The first-order chi connectivity index (χ1) is 18.7. The lowest BCUT2D eigenvalue weighted by Crippen LogP contribution is -2.35. The third kappa shape index (κ3) is 5.78. The average molecular weight is 511 g/mol. The number of ether oxygens (including phenoxy) is 1. The highest BCUT2D eigenvalue weighted by molar-refractivity contribution is 6.11. The van der Waals surface area contributed by atoms with Crippen molar-refractivity contribution in [2.75, 3.05) is 44.7 Å². The Labute approximate surface area is 223 Å². The number of nitrogens with zero attached hydrogens (tertiary/aromatic N) is 4. The standard InChI is InChI=1S/C30H34N6O2/c37-30(32-26-7-4-22(5-8-26)20-35-10-2-1-3-11-35)29-27-17-24(6-9-28(27)33-34-29)25-16-23(18-31-19-25)21-36-12-14-38-15-13-36/h4-9,16-19H,1-3,10-15,20-21H2,(H,32,37)(H,33,34). The summed E-state index contributed by atoms with van der Waals surface area (Å²) in [6, 6.07) is 16.4. The smallest absolute Gasteiger partial charge is 0.276 e. The molecule has 4 aromatic rings. The van der Waals surface area contributed by atoms with Crippen LogP contribution in [-0.2, 0) is 17.8 Å². The number of piperidine rings is 1. The quantitative estimate of drug-likeness (QED) is 0.375. The number of morpholine rings is 1. The maximum absolute atomic E-state index is 13.2. The van der Waals surface area contributed by atoms with E-state index in [1.54, 1.807) is 0 Å². The second kappa shape index (κ2) is 11.4. The Morgan fingerprint density at radius 2 is 1.61 bits per heavy atom. The molecule has 0 aliphatic carbocycles. The summed E-state index contributed by atoms with van der Waals surface area (Å²) in [4.78, 5) is 22.6. The van der Waals surface area contributed by atoms with Gasteiger partial charge in [-0.05, 0) is 73.0 Å². The van der Waals surface area contributed by atoms with Crippen LogP contribution in [0.4, 0.5) is 5.69 Å². The molecule has 0 bridgehead atoms. The van der Waals surface area contributed by atoms with E-state index in [1.165, 1.54) is 43.5 Å². The van der Waals surface area contributed by atoms with E-state index in [2.05, 4.69) is 48.5 Å². The fourth-order valence-corrected chi connectivity index (χ4v) is 5.38. The van der Waals surface area contributed by atoms with E-state index >= 15 is 0 Å². The van der Waals surface area contributed by atoms with E-state index < -0.39 is 0 Å². The van der Waals surface area contributed by atoms with Gasteiger partial charge in [0.15, 0.2) is 5.69 Å². The molecule has 2 N–H and O–H groups in total. The van der Waals surface area contributed by atoms with Gasteiger partial charge in [0, 0.05) is 55.2 Å². The number of pyridine rings is 1. The minimum atomic E-state index is -0.226. The van der Waals surface area contributed by atoms with Crippen molar-refractivity contribution in [3.63, 3.8) is 0 Å². The molecule has 6 rings (SSSR count). The third-order valence-electron chi connectivity index (χ3n) is 7.48. The van der Waals surface area contributed by atoms with Crippen molar-refractivity contribution in [3.8, 4) is 11.1 Å². The predicted molar refractivity (Wildman–Crippen MR) is 149 cm³/mol. The number of benzene rings is 2. The number of fused-ring (bicyclic) bond motifs is 1. The summed E-state index contributed by atoms with van der Waals surface area (Å²) in [6.45, 7) is 7.57. The van der Waals surface area contributed by atoms with Crippen molar-refractivity contribution in [2.45, 2.75) is 32.4 Å². The van der Waals surface area contributed by atoms with Gasteiger partial charge < -0.3 is 10.1 Å². The highest BCUT2D eigenvalue weighted by atomic mass is 16.5. The zero-order valence-electron chi connectivity index (χ0n) is 21.7. The lowest BCUT2D eigenvalue weighted by molar-refractivity contribution is 0.0341. The fraction of sp³-hybridized carbons (Fsp3) is 0.367. The Morgan fingerprint density at radius 3 is 2.42 bits per heavy atom. The molecule has 2 saturated heterocycles. The number of likely N-dealkylation sites (tertiary alicyclic amines) is 1. The first kappa shape index (κ1) is 24.7. The maximum Gasteiger partial charge on any atom is 0.276 e. The summed E-state index contributed by atoms with van der Waals surface area (Å²) >= 11 is 0. The average Bonchev–Trinajstić information content (AvgIpc) is 3.39. The number of aromatic amines is 1. The van der Waals surface area contributed by atoms with E-state index in [4.69, 9.17) is 4.74 Å². The summed E-state index contributed by atoms with van der Waals surface area (Å²) in [6.07, 6.45) is 7.69. The van der Waals surface area contributed by atoms with E-state index in [0.717, 1.165) is 67.1 Å². The highest BCUT2D eigenvalue weighted by Gasteiger charge is 2.17. The predicted octanol–water partition coefficient (Wildman–Crippen LogP) is 4.70. The molecule has 2 aliphatic rings. The van der Waals surface area contributed by atoms with Crippen LogP contribution in [0.15, 0.2) is 60.9 Å². The van der Waals surface area contributed by atoms with Crippen LogP contribution in [0.2, 0.25) is 0 Å². The van der Waals surface area contributed by atoms with Crippen LogP contribution in [0.5, 0.6) is 0 Å². The molecular formula is C30H34N6O2. The van der Waals surface area contributed by atoms with Crippen LogP contribution < -0.4 is 5.32 Å². The van der Waals surface area contributed by atoms with Gasteiger partial charge in [-0.3, -0.25) is 24.7 Å². The monoisotopic (exact) mass is 510 g/mol. The highest BCUT2D eigenvalue weighted by Crippen LogP contribution is 2.27. The van der Waals surface area contributed by atoms with Crippen LogP contribution >= 0.6 is 0 Å². The van der Waals surface area contributed by atoms with Gasteiger partial charge in [-0.25, -0.2) is 0 Å². The van der Waals surface area contributed by atoms with E-state index in [-0.39, 0.29) is 5.91 Å². The minimum Gasteiger partial charge on any atom is -0.379 e. The number of hydrogen-bond donors (Lipinski definition) is 2. The minimum absolute atomic E-state index is 0.226. The number of hydrogen-bond acceptors (Lipinski definition) is 6. The van der Waals surface area contributed by atoms with Gasteiger partial charge in [0.05, 0.1) is 18.7 Å². The fourth-order valence-electron chi connectivity index (χ4n) is 5.38. The SMILES string of the molecule is O=C(Nc1ccc(CN2CCCCC2)cc1)c1n[nH]c2ccc(-c3cncc(CN4CCOCC4)c3)cc12. The number of carbonyl (C=O) groups is 1. The molecule has 0 unspecified atom stereocenters. The van der Waals surface area contributed by atoms with Crippen molar-refractivity contribution < 1.29 is 9.53 Å². The summed E-state index contributed by atoms with van der Waals surface area (Å²) in [5.41, 5.74) is 6.44. The van der Waals surface area contributed by atoms with Crippen LogP contribution in [0, 0.1) is 0 Å². The Balaban J connectivity index is 1.16. The molecule has 4 heterocycles. The van der Waals surface area contributed by atoms with E-state index in [0.29, 0.717) is 5.69 Å². The number of nitrogens with one attached hydrogen (secondary N) is 2. The van der Waals surface area contributed by atoms with Crippen molar-refractivity contribution in [1.82, 2.24) is 25.0 Å². The molecule has 2 aromatic carbocycles. The Bertz CT molecular complexity index is 1390. The number of anilines is 1. The van der Waals surface area contributed by atoms with Crippen molar-refractivity contribution in [2.24, 2.45) is 0 Å². The summed E-state index contributed by atoms with van der Waals surface area (Å²) in [5.74, 6) is -0.226. The zero-order valence-corrected chi connectivity index (χ0v) is 21.7.